The van der Waals surface area contributed by atoms with Gasteiger partial charge in [0.15, 0.2) is 5.03 Å². The van der Waals surface area contributed by atoms with Gasteiger partial charge in [0, 0.05) is 17.8 Å². The van der Waals surface area contributed by atoms with Gasteiger partial charge in [0.1, 0.15) is 0 Å². The molecule has 20 heavy (non-hydrogen) atoms. The molecule has 0 saturated carbocycles. The monoisotopic (exact) mass is 311 g/mol. The first-order chi connectivity index (χ1) is 9.62. The highest BCUT2D eigenvalue weighted by molar-refractivity contribution is 7.89. The van der Waals surface area contributed by atoms with E-state index in [1.165, 1.54) is 23.6 Å². The van der Waals surface area contributed by atoms with Gasteiger partial charge in [0.05, 0.1) is 17.7 Å². The number of thiophene rings is 1. The molecule has 0 aromatic carbocycles. The van der Waals surface area contributed by atoms with Crippen LogP contribution in [0.3, 0.4) is 0 Å². The summed E-state index contributed by atoms with van der Waals surface area (Å²) in [6.07, 6.45) is 1.81. The number of hydrogen-bond acceptors (Lipinski definition) is 5. The second-order valence-electron chi connectivity index (χ2n) is 3.79. The second-order valence-corrected chi connectivity index (χ2v) is 6.69. The van der Waals surface area contributed by atoms with Crippen LogP contribution >= 0.6 is 11.3 Å². The Morgan fingerprint density at radius 2 is 2.25 bits per heavy atom. The van der Waals surface area contributed by atoms with Gasteiger partial charge < -0.3 is 5.11 Å². The van der Waals surface area contributed by atoms with E-state index < -0.39 is 10.0 Å². The van der Waals surface area contributed by atoms with Crippen LogP contribution in [0.5, 0.6) is 0 Å². The van der Waals surface area contributed by atoms with E-state index in [0.717, 1.165) is 9.75 Å². The van der Waals surface area contributed by atoms with Gasteiger partial charge in [-0.05, 0) is 18.2 Å². The van der Waals surface area contributed by atoms with Crippen LogP contribution in [0.4, 0.5) is 0 Å². The predicted octanol–water partition coefficient (Wildman–Crippen LogP) is 0.684. The van der Waals surface area contributed by atoms with E-state index in [9.17, 15) is 8.42 Å². The van der Waals surface area contributed by atoms with Gasteiger partial charge in [0.2, 0.25) is 0 Å². The molecule has 6 nitrogen and oxygen atoms in total. The Bertz CT molecular complexity index is 709. The Morgan fingerprint density at radius 3 is 2.95 bits per heavy atom. The maximum atomic E-state index is 11.9. The first kappa shape index (κ1) is 14.7. The summed E-state index contributed by atoms with van der Waals surface area (Å²) in [5, 5.41) is 14.7. The van der Waals surface area contributed by atoms with Crippen molar-refractivity contribution in [3.05, 3.63) is 34.2 Å². The maximum absolute atomic E-state index is 11.9. The molecule has 2 heterocycles. The number of aliphatic hydroxyl groups is 1. The lowest BCUT2D eigenvalue weighted by Crippen LogP contribution is -2.23. The van der Waals surface area contributed by atoms with Crippen LogP contribution in [0.1, 0.15) is 16.2 Å². The van der Waals surface area contributed by atoms with Crippen molar-refractivity contribution in [3.8, 4) is 11.8 Å². The fourth-order valence-corrected chi connectivity index (χ4v) is 3.21. The summed E-state index contributed by atoms with van der Waals surface area (Å²) in [6.45, 7) is 0.239. The zero-order valence-corrected chi connectivity index (χ0v) is 12.1. The average molecular weight is 311 g/mol. The van der Waals surface area contributed by atoms with Gasteiger partial charge in [0.25, 0.3) is 10.0 Å². The molecule has 0 bridgehead atoms. The molecular weight excluding hydrogens is 298 g/mol. The van der Waals surface area contributed by atoms with E-state index in [2.05, 4.69) is 26.8 Å². The number of aromatic amines is 1. The quantitative estimate of drug-likeness (QED) is 0.708. The molecule has 0 unspecified atom stereocenters. The third-order valence-corrected chi connectivity index (χ3v) is 4.64. The summed E-state index contributed by atoms with van der Waals surface area (Å²) in [6, 6.07) is 5.04. The van der Waals surface area contributed by atoms with E-state index in [1.54, 1.807) is 0 Å². The van der Waals surface area contributed by atoms with Crippen molar-refractivity contribution in [2.45, 2.75) is 18.0 Å². The summed E-state index contributed by atoms with van der Waals surface area (Å²) in [5.74, 6) is 5.72. The summed E-state index contributed by atoms with van der Waals surface area (Å²) in [4.78, 5) is 1.70. The number of rotatable bonds is 5. The maximum Gasteiger partial charge on any atom is 0.257 e. The smallest absolute Gasteiger partial charge is 0.257 e. The molecule has 2 aromatic rings. The van der Waals surface area contributed by atoms with Gasteiger partial charge in [-0.3, -0.25) is 5.10 Å². The Labute approximate surface area is 120 Å². The van der Waals surface area contributed by atoms with Crippen molar-refractivity contribution < 1.29 is 13.5 Å². The fraction of sp³-hybridized carbons (Fsp3) is 0.250. The van der Waals surface area contributed by atoms with Crippen LogP contribution in [0.25, 0.3) is 0 Å². The first-order valence-electron chi connectivity index (χ1n) is 5.79. The summed E-state index contributed by atoms with van der Waals surface area (Å²) in [7, 11) is -3.56. The molecule has 0 radical (unpaired) electrons. The molecule has 2 rings (SSSR count). The molecule has 0 aliphatic heterocycles. The number of H-pyrrole nitrogens is 1. The van der Waals surface area contributed by atoms with Gasteiger partial charge in [-0.15, -0.1) is 11.3 Å². The molecule has 0 amide bonds. The number of sulfonamides is 1. The average Bonchev–Trinajstić information content (AvgIpc) is 3.09. The van der Waals surface area contributed by atoms with Crippen molar-refractivity contribution in [3.63, 3.8) is 0 Å². The Kier molecular flexibility index (Phi) is 4.92. The van der Waals surface area contributed by atoms with Gasteiger partial charge in [-0.1, -0.05) is 11.8 Å². The van der Waals surface area contributed by atoms with Crippen molar-refractivity contribution in [1.29, 1.82) is 0 Å². The van der Waals surface area contributed by atoms with Gasteiger partial charge in [-0.25, -0.2) is 13.1 Å². The van der Waals surface area contributed by atoms with Crippen molar-refractivity contribution >= 4 is 21.4 Å². The van der Waals surface area contributed by atoms with Gasteiger partial charge in [-0.2, -0.15) is 5.10 Å². The van der Waals surface area contributed by atoms with Crippen LogP contribution in [-0.4, -0.2) is 30.3 Å². The van der Waals surface area contributed by atoms with E-state index in [-0.39, 0.29) is 18.2 Å². The van der Waals surface area contributed by atoms with Crippen LogP contribution in [0.15, 0.2) is 29.4 Å². The lowest BCUT2D eigenvalue weighted by atomic mass is 10.4. The molecule has 0 aliphatic rings. The third-order valence-electron chi connectivity index (χ3n) is 2.31. The number of aromatic nitrogens is 2. The highest BCUT2D eigenvalue weighted by Crippen LogP contribution is 2.16. The lowest BCUT2D eigenvalue weighted by Gasteiger charge is -2.02. The second kappa shape index (κ2) is 6.67. The van der Waals surface area contributed by atoms with E-state index in [1.807, 2.05) is 12.1 Å². The predicted molar refractivity (Wildman–Crippen MR) is 75.5 cm³/mol. The zero-order chi connectivity index (χ0) is 14.4. The normalized spacial score (nSPS) is 11.1. The van der Waals surface area contributed by atoms with E-state index in [0.29, 0.717) is 6.42 Å². The topological polar surface area (TPSA) is 95.1 Å². The Balaban J connectivity index is 1.97. The van der Waals surface area contributed by atoms with E-state index in [4.69, 9.17) is 5.11 Å². The first-order valence-corrected chi connectivity index (χ1v) is 8.09. The Morgan fingerprint density at radius 1 is 1.40 bits per heavy atom. The van der Waals surface area contributed by atoms with Crippen LogP contribution in [0.2, 0.25) is 0 Å². The standard InChI is InChI=1S/C12H13N3O3S2/c16-8-2-1-3-10-4-5-11(19-10)9-14-20(17,18)12-6-7-13-15-12/h4-7,14,16H,2,8-9H2,(H,13,15). The molecular formula is C12H13N3O3S2. The molecule has 0 spiro atoms. The minimum absolute atomic E-state index is 0.0369. The number of hydrogen-bond donors (Lipinski definition) is 3. The zero-order valence-electron chi connectivity index (χ0n) is 10.5. The highest BCUT2D eigenvalue weighted by atomic mass is 32.2. The molecule has 0 fully saturated rings. The summed E-state index contributed by atoms with van der Waals surface area (Å²) >= 11 is 1.41. The van der Waals surface area contributed by atoms with Crippen molar-refractivity contribution in [1.82, 2.24) is 14.9 Å². The number of aliphatic hydroxyl groups excluding tert-OH is 1. The lowest BCUT2D eigenvalue weighted by molar-refractivity contribution is 0.305. The minimum Gasteiger partial charge on any atom is -0.395 e. The number of nitrogens with one attached hydrogen (secondary N) is 2. The highest BCUT2D eigenvalue weighted by Gasteiger charge is 2.15. The fourth-order valence-electron chi connectivity index (χ4n) is 1.38. The SMILES string of the molecule is O=S(=O)(NCc1ccc(C#CCCO)s1)c1ccn[nH]1. The van der Waals surface area contributed by atoms with Crippen LogP contribution in [0, 0.1) is 11.8 Å². The minimum atomic E-state index is -3.56. The summed E-state index contributed by atoms with van der Waals surface area (Å²) < 4.78 is 26.2. The third kappa shape index (κ3) is 3.91. The molecule has 8 heteroatoms. The Hall–Kier alpha value is -1.66. The summed E-state index contributed by atoms with van der Waals surface area (Å²) in [5.41, 5.74) is 0. The molecule has 2 aromatic heterocycles. The molecule has 3 N–H and O–H groups in total. The number of nitrogens with zero attached hydrogens (tertiary/aromatic N) is 1. The molecule has 106 valence electrons. The van der Waals surface area contributed by atoms with E-state index >= 15 is 0 Å². The molecule has 0 aliphatic carbocycles. The van der Waals surface area contributed by atoms with Crippen LogP contribution < -0.4 is 4.72 Å². The molecule has 0 atom stereocenters. The molecule has 0 saturated heterocycles. The van der Waals surface area contributed by atoms with Gasteiger partial charge >= 0.3 is 0 Å². The van der Waals surface area contributed by atoms with Crippen molar-refractivity contribution in [2.24, 2.45) is 0 Å². The van der Waals surface area contributed by atoms with Crippen molar-refractivity contribution in [2.75, 3.05) is 6.61 Å². The largest absolute Gasteiger partial charge is 0.395 e. The van der Waals surface area contributed by atoms with Crippen LogP contribution in [-0.2, 0) is 16.6 Å².